The Kier molecular flexibility index (Phi) is 8.65. The smallest absolute Gasteiger partial charge is 0.0468 e. The van der Waals surface area contributed by atoms with Crippen molar-refractivity contribution in [2.24, 2.45) is 0 Å². The van der Waals surface area contributed by atoms with E-state index in [-0.39, 0.29) is 5.92 Å². The third-order valence-electron chi connectivity index (χ3n) is 12.1. The van der Waals surface area contributed by atoms with Crippen molar-refractivity contribution in [2.75, 3.05) is 4.90 Å². The van der Waals surface area contributed by atoms with Crippen LogP contribution in [0.2, 0.25) is 0 Å². The molecule has 1 atom stereocenters. The summed E-state index contributed by atoms with van der Waals surface area (Å²) >= 11 is 0. The predicted octanol–water partition coefficient (Wildman–Crippen LogP) is 15.4. The first-order chi connectivity index (χ1) is 28.0. The lowest BCUT2D eigenvalue weighted by molar-refractivity contribution is 0.794. The first-order valence-electron chi connectivity index (χ1n) is 20.0. The molecule has 0 radical (unpaired) electrons. The van der Waals surface area contributed by atoms with Crippen LogP contribution in [0.3, 0.4) is 0 Å². The molecule has 1 aliphatic carbocycles. The monoisotopic (exact) mass is 729 g/mol. The Bertz CT molecular complexity index is 2970. The SMILES string of the molecule is C=Cc1c(C)c2ccccc2c2cc(N(c3ccc(-c4ccc5c(c4)-c4ccccc4CC5c4cccc(-c5ccccc5)c4)cc3)c3cccc(C)c3)ccc12. The molecule has 1 heteroatoms. The second-order valence-corrected chi connectivity index (χ2v) is 15.4. The molecule has 0 aliphatic heterocycles. The number of aryl methyl sites for hydroxylation is 2. The summed E-state index contributed by atoms with van der Waals surface area (Å²) in [4.78, 5) is 2.38. The van der Waals surface area contributed by atoms with Gasteiger partial charge < -0.3 is 4.90 Å². The molecule has 1 aliphatic rings. The standard InChI is InChI=1S/C56H43N/c1-4-48-38(3)49-21-10-11-23-51(49)56-36-47(29-31-52(48)56)57(46-20-12-14-37(2)32-46)45-27-24-40(25-28-45)42-26-30-53-54(35-44-17-8-9-22-50(44)55(53)34-42)43-19-13-18-41(33-43)39-15-6-5-7-16-39/h4-34,36,54H,1,35H2,2-3H3. The third kappa shape index (κ3) is 6.13. The van der Waals surface area contributed by atoms with Crippen LogP contribution in [0.5, 0.6) is 0 Å². The van der Waals surface area contributed by atoms with Crippen LogP contribution in [0, 0.1) is 13.8 Å². The predicted molar refractivity (Wildman–Crippen MR) is 244 cm³/mol. The van der Waals surface area contributed by atoms with Crippen LogP contribution >= 0.6 is 0 Å². The molecule has 1 unspecified atom stereocenters. The minimum absolute atomic E-state index is 0.281. The Balaban J connectivity index is 1.05. The van der Waals surface area contributed by atoms with Gasteiger partial charge in [-0.3, -0.25) is 0 Å². The molecule has 0 heterocycles. The summed E-state index contributed by atoms with van der Waals surface area (Å²) in [6, 6.07) is 69.5. The number of hydrogen-bond acceptors (Lipinski definition) is 1. The topological polar surface area (TPSA) is 3.24 Å². The largest absolute Gasteiger partial charge is 0.310 e. The summed E-state index contributed by atoms with van der Waals surface area (Å²) in [7, 11) is 0. The molecule has 0 saturated heterocycles. The zero-order valence-corrected chi connectivity index (χ0v) is 32.4. The van der Waals surface area contributed by atoms with Crippen molar-refractivity contribution in [1.29, 1.82) is 0 Å². The van der Waals surface area contributed by atoms with E-state index in [1.165, 1.54) is 88.3 Å². The first kappa shape index (κ1) is 34.5. The minimum Gasteiger partial charge on any atom is -0.310 e. The second-order valence-electron chi connectivity index (χ2n) is 15.4. The van der Waals surface area contributed by atoms with Gasteiger partial charge >= 0.3 is 0 Å². The lowest BCUT2D eigenvalue weighted by Crippen LogP contribution is -2.13. The van der Waals surface area contributed by atoms with Crippen LogP contribution in [0.25, 0.3) is 61.0 Å². The summed E-state index contributed by atoms with van der Waals surface area (Å²) in [5, 5.41) is 4.99. The van der Waals surface area contributed by atoms with Gasteiger partial charge in [-0.25, -0.2) is 0 Å². The van der Waals surface area contributed by atoms with Crippen LogP contribution in [0.4, 0.5) is 17.1 Å². The minimum atomic E-state index is 0.281. The Hall–Kier alpha value is -6.96. The molecule has 9 aromatic rings. The summed E-state index contributed by atoms with van der Waals surface area (Å²) in [6.45, 7) is 8.57. The average molecular weight is 730 g/mol. The maximum absolute atomic E-state index is 4.20. The summed E-state index contributed by atoms with van der Waals surface area (Å²) in [6.07, 6.45) is 2.99. The number of nitrogens with zero attached hydrogens (tertiary/aromatic N) is 1. The molecule has 0 fully saturated rings. The van der Waals surface area contributed by atoms with Crippen LogP contribution in [0.15, 0.2) is 195 Å². The van der Waals surface area contributed by atoms with E-state index in [2.05, 4.69) is 213 Å². The molecule has 0 spiro atoms. The number of benzene rings is 9. The summed E-state index contributed by atoms with van der Waals surface area (Å²) in [5.41, 5.74) is 18.8. The van der Waals surface area contributed by atoms with Gasteiger partial charge in [0.2, 0.25) is 0 Å². The van der Waals surface area contributed by atoms with Crippen molar-refractivity contribution in [3.8, 4) is 33.4 Å². The van der Waals surface area contributed by atoms with E-state index < -0.39 is 0 Å². The van der Waals surface area contributed by atoms with E-state index in [0.717, 1.165) is 23.5 Å². The molecular formula is C56H43N. The molecule has 10 rings (SSSR count). The number of fused-ring (bicyclic) bond motifs is 6. The number of anilines is 3. The van der Waals surface area contributed by atoms with E-state index >= 15 is 0 Å². The Morgan fingerprint density at radius 3 is 1.96 bits per heavy atom. The van der Waals surface area contributed by atoms with Crippen molar-refractivity contribution in [1.82, 2.24) is 0 Å². The maximum Gasteiger partial charge on any atom is 0.0468 e. The third-order valence-corrected chi connectivity index (χ3v) is 12.1. The lowest BCUT2D eigenvalue weighted by Gasteiger charge is -2.29. The molecule has 1 nitrogen and oxygen atoms in total. The van der Waals surface area contributed by atoms with Gasteiger partial charge in [0.1, 0.15) is 0 Å². The van der Waals surface area contributed by atoms with Gasteiger partial charge in [-0.15, -0.1) is 0 Å². The van der Waals surface area contributed by atoms with Gasteiger partial charge in [-0.2, -0.15) is 0 Å². The molecular weight excluding hydrogens is 687 g/mol. The Morgan fingerprint density at radius 1 is 0.474 bits per heavy atom. The van der Waals surface area contributed by atoms with Gasteiger partial charge in [-0.1, -0.05) is 158 Å². The number of rotatable bonds is 7. The van der Waals surface area contributed by atoms with Gasteiger partial charge in [0.15, 0.2) is 0 Å². The second kappa shape index (κ2) is 14.3. The summed E-state index contributed by atoms with van der Waals surface area (Å²) in [5.74, 6) is 0.281. The molecule has 0 aromatic heterocycles. The molecule has 0 saturated carbocycles. The highest BCUT2D eigenvalue weighted by molar-refractivity contribution is 6.13. The highest BCUT2D eigenvalue weighted by Crippen LogP contribution is 2.46. The van der Waals surface area contributed by atoms with Gasteiger partial charge in [0, 0.05) is 23.0 Å². The van der Waals surface area contributed by atoms with Gasteiger partial charge in [-0.05, 0) is 151 Å². The van der Waals surface area contributed by atoms with E-state index in [1.807, 2.05) is 6.08 Å². The van der Waals surface area contributed by atoms with Crippen molar-refractivity contribution in [2.45, 2.75) is 26.2 Å². The molecule has 0 bridgehead atoms. The van der Waals surface area contributed by atoms with Gasteiger partial charge in [0.05, 0.1) is 0 Å². The van der Waals surface area contributed by atoms with Gasteiger partial charge in [0.25, 0.3) is 0 Å². The van der Waals surface area contributed by atoms with Crippen LogP contribution in [-0.4, -0.2) is 0 Å². The zero-order chi connectivity index (χ0) is 38.5. The quantitative estimate of drug-likeness (QED) is 0.148. The van der Waals surface area contributed by atoms with Crippen LogP contribution in [-0.2, 0) is 6.42 Å². The molecule has 0 amide bonds. The fourth-order valence-electron chi connectivity index (χ4n) is 9.23. The van der Waals surface area contributed by atoms with E-state index in [1.54, 1.807) is 0 Å². The molecule has 272 valence electrons. The van der Waals surface area contributed by atoms with Crippen molar-refractivity contribution >= 4 is 44.7 Å². The Labute approximate surface area is 335 Å². The van der Waals surface area contributed by atoms with Crippen LogP contribution < -0.4 is 4.90 Å². The zero-order valence-electron chi connectivity index (χ0n) is 32.4. The fourth-order valence-corrected chi connectivity index (χ4v) is 9.23. The summed E-state index contributed by atoms with van der Waals surface area (Å²) < 4.78 is 0. The Morgan fingerprint density at radius 2 is 1.14 bits per heavy atom. The number of hydrogen-bond donors (Lipinski definition) is 0. The van der Waals surface area contributed by atoms with E-state index in [4.69, 9.17) is 0 Å². The molecule has 57 heavy (non-hydrogen) atoms. The van der Waals surface area contributed by atoms with Crippen LogP contribution in [0.1, 0.15) is 39.3 Å². The highest BCUT2D eigenvalue weighted by Gasteiger charge is 2.27. The van der Waals surface area contributed by atoms with Crippen molar-refractivity contribution < 1.29 is 0 Å². The maximum atomic E-state index is 4.20. The average Bonchev–Trinajstić information content (AvgIpc) is 3.27. The highest BCUT2D eigenvalue weighted by atomic mass is 15.1. The fraction of sp³-hybridized carbons (Fsp3) is 0.0714. The molecule has 0 N–H and O–H groups in total. The van der Waals surface area contributed by atoms with Crippen molar-refractivity contribution in [3.63, 3.8) is 0 Å². The lowest BCUT2D eigenvalue weighted by atomic mass is 9.74. The van der Waals surface area contributed by atoms with E-state index in [0.29, 0.717) is 0 Å². The first-order valence-corrected chi connectivity index (χ1v) is 20.0. The molecule has 9 aromatic carbocycles. The van der Waals surface area contributed by atoms with E-state index in [9.17, 15) is 0 Å². The normalized spacial score (nSPS) is 13.3. The van der Waals surface area contributed by atoms with Crippen molar-refractivity contribution in [3.05, 3.63) is 228 Å².